The second kappa shape index (κ2) is 8.78. The number of anilines is 1. The van der Waals surface area contributed by atoms with Crippen molar-refractivity contribution in [3.63, 3.8) is 0 Å². The lowest BCUT2D eigenvalue weighted by Crippen LogP contribution is -2.48. The highest BCUT2D eigenvalue weighted by molar-refractivity contribution is 8.00. The van der Waals surface area contributed by atoms with Gasteiger partial charge in [-0.3, -0.25) is 9.59 Å². The molecule has 2 aromatic rings. The second-order valence-corrected chi connectivity index (χ2v) is 8.64. The molecule has 0 spiro atoms. The summed E-state index contributed by atoms with van der Waals surface area (Å²) >= 11 is 1.61. The number of aryl methyl sites for hydroxylation is 1. The van der Waals surface area contributed by atoms with Gasteiger partial charge in [0.15, 0.2) is 0 Å². The summed E-state index contributed by atoms with van der Waals surface area (Å²) in [5, 5.41) is 2.58. The van der Waals surface area contributed by atoms with Gasteiger partial charge in [0.1, 0.15) is 11.9 Å². The Labute approximate surface area is 169 Å². The summed E-state index contributed by atoms with van der Waals surface area (Å²) in [5.41, 5.74) is 1.61. The molecular weight excluding hydrogens is 375 g/mol. The SMILES string of the molecule is Cc1ccccc1C(=O)N1C(CC(C)C)SCC1C(=O)Nc1ccccc1F. The van der Waals surface area contributed by atoms with Crippen molar-refractivity contribution >= 4 is 29.3 Å². The first-order valence-corrected chi connectivity index (χ1v) is 10.5. The summed E-state index contributed by atoms with van der Waals surface area (Å²) in [4.78, 5) is 28.0. The largest absolute Gasteiger partial charge is 0.322 e. The number of thioether (sulfide) groups is 1. The van der Waals surface area contributed by atoms with Crippen LogP contribution in [0.1, 0.15) is 36.2 Å². The topological polar surface area (TPSA) is 49.4 Å². The van der Waals surface area contributed by atoms with Crippen LogP contribution in [0.2, 0.25) is 0 Å². The van der Waals surface area contributed by atoms with E-state index in [-0.39, 0.29) is 22.9 Å². The van der Waals surface area contributed by atoms with Gasteiger partial charge < -0.3 is 10.2 Å². The summed E-state index contributed by atoms with van der Waals surface area (Å²) < 4.78 is 14.0. The third kappa shape index (κ3) is 4.38. The smallest absolute Gasteiger partial charge is 0.255 e. The molecule has 1 heterocycles. The van der Waals surface area contributed by atoms with Crippen molar-refractivity contribution in [2.24, 2.45) is 5.92 Å². The number of amides is 2. The van der Waals surface area contributed by atoms with Gasteiger partial charge >= 0.3 is 0 Å². The third-order valence-electron chi connectivity index (χ3n) is 4.81. The molecule has 0 aliphatic carbocycles. The number of nitrogens with one attached hydrogen (secondary N) is 1. The van der Waals surface area contributed by atoms with E-state index < -0.39 is 11.9 Å². The fraction of sp³-hybridized carbons (Fsp3) is 0.364. The average molecular weight is 401 g/mol. The molecule has 1 aliphatic rings. The maximum absolute atomic E-state index is 14.0. The lowest BCUT2D eigenvalue weighted by atomic mass is 10.0. The van der Waals surface area contributed by atoms with Crippen LogP contribution in [0.15, 0.2) is 48.5 Å². The van der Waals surface area contributed by atoms with E-state index in [1.54, 1.807) is 34.9 Å². The highest BCUT2D eigenvalue weighted by Crippen LogP contribution is 2.35. The number of rotatable bonds is 5. The molecular formula is C22H25FN2O2S. The molecule has 6 heteroatoms. The Bertz CT molecular complexity index is 871. The van der Waals surface area contributed by atoms with Gasteiger partial charge in [0.05, 0.1) is 11.1 Å². The zero-order valence-corrected chi connectivity index (χ0v) is 17.1. The number of hydrogen-bond acceptors (Lipinski definition) is 3. The van der Waals surface area contributed by atoms with Crippen molar-refractivity contribution in [3.05, 3.63) is 65.5 Å². The molecule has 3 rings (SSSR count). The van der Waals surface area contributed by atoms with Gasteiger partial charge in [-0.1, -0.05) is 44.2 Å². The molecule has 1 saturated heterocycles. The molecule has 0 radical (unpaired) electrons. The number of carbonyl (C=O) groups is 2. The van der Waals surface area contributed by atoms with E-state index in [1.165, 1.54) is 12.1 Å². The minimum absolute atomic E-state index is 0.0801. The zero-order chi connectivity index (χ0) is 20.3. The molecule has 2 aromatic carbocycles. The van der Waals surface area contributed by atoms with Gasteiger partial charge in [0, 0.05) is 11.3 Å². The zero-order valence-electron chi connectivity index (χ0n) is 16.3. The molecule has 1 fully saturated rings. The Hall–Kier alpha value is -2.34. The maximum Gasteiger partial charge on any atom is 0.255 e. The summed E-state index contributed by atoms with van der Waals surface area (Å²) in [5.74, 6) is -0.113. The molecule has 148 valence electrons. The van der Waals surface area contributed by atoms with Crippen molar-refractivity contribution in [3.8, 4) is 0 Å². The van der Waals surface area contributed by atoms with Gasteiger partial charge in [-0.15, -0.1) is 11.8 Å². The highest BCUT2D eigenvalue weighted by atomic mass is 32.2. The Morgan fingerprint density at radius 2 is 1.86 bits per heavy atom. The van der Waals surface area contributed by atoms with Crippen molar-refractivity contribution < 1.29 is 14.0 Å². The minimum Gasteiger partial charge on any atom is -0.322 e. The number of halogens is 1. The van der Waals surface area contributed by atoms with Crippen molar-refractivity contribution in [1.29, 1.82) is 0 Å². The van der Waals surface area contributed by atoms with Gasteiger partial charge in [0.2, 0.25) is 5.91 Å². The average Bonchev–Trinajstić information content (AvgIpc) is 3.06. The number of carbonyl (C=O) groups excluding carboxylic acids is 2. The van der Waals surface area contributed by atoms with Crippen LogP contribution in [0.3, 0.4) is 0 Å². The van der Waals surface area contributed by atoms with Crippen molar-refractivity contribution in [2.75, 3.05) is 11.1 Å². The number of nitrogens with zero attached hydrogens (tertiary/aromatic N) is 1. The minimum atomic E-state index is -0.638. The predicted molar refractivity (Wildman–Crippen MR) is 112 cm³/mol. The molecule has 0 saturated carbocycles. The first kappa shape index (κ1) is 20.4. The lowest BCUT2D eigenvalue weighted by Gasteiger charge is -2.30. The van der Waals surface area contributed by atoms with Crippen LogP contribution in [-0.2, 0) is 4.79 Å². The van der Waals surface area contributed by atoms with E-state index in [0.29, 0.717) is 17.2 Å². The monoisotopic (exact) mass is 400 g/mol. The van der Waals surface area contributed by atoms with Crippen LogP contribution in [0, 0.1) is 18.7 Å². The van der Waals surface area contributed by atoms with Gasteiger partial charge in [-0.25, -0.2) is 4.39 Å². The number of benzene rings is 2. The van der Waals surface area contributed by atoms with Crippen LogP contribution in [0.4, 0.5) is 10.1 Å². The van der Waals surface area contributed by atoms with Gasteiger partial charge in [-0.05, 0) is 43.0 Å². The molecule has 0 bridgehead atoms. The van der Waals surface area contributed by atoms with E-state index in [1.807, 2.05) is 25.1 Å². The van der Waals surface area contributed by atoms with E-state index in [0.717, 1.165) is 12.0 Å². The lowest BCUT2D eigenvalue weighted by molar-refractivity contribution is -0.119. The number of para-hydroxylation sites is 1. The molecule has 28 heavy (non-hydrogen) atoms. The molecule has 2 amide bonds. The van der Waals surface area contributed by atoms with Gasteiger partial charge in [0.25, 0.3) is 5.91 Å². The Morgan fingerprint density at radius 3 is 2.54 bits per heavy atom. The standard InChI is InChI=1S/C22H25FN2O2S/c1-14(2)12-20-25(22(27)16-9-5-4-8-15(16)3)19(13-28-20)21(26)24-18-11-7-6-10-17(18)23/h4-11,14,19-20H,12-13H2,1-3H3,(H,24,26). The summed E-state index contributed by atoms with van der Waals surface area (Å²) in [7, 11) is 0. The molecule has 2 unspecified atom stereocenters. The van der Waals surface area contributed by atoms with E-state index >= 15 is 0 Å². The highest BCUT2D eigenvalue weighted by Gasteiger charge is 2.42. The van der Waals surface area contributed by atoms with Crippen LogP contribution < -0.4 is 5.32 Å². The quantitative estimate of drug-likeness (QED) is 0.791. The van der Waals surface area contributed by atoms with E-state index in [9.17, 15) is 14.0 Å². The Kier molecular flexibility index (Phi) is 6.39. The second-order valence-electron chi connectivity index (χ2n) is 7.43. The molecule has 1 aliphatic heterocycles. The molecule has 4 nitrogen and oxygen atoms in total. The van der Waals surface area contributed by atoms with E-state index in [4.69, 9.17) is 0 Å². The Morgan fingerprint density at radius 1 is 1.18 bits per heavy atom. The predicted octanol–water partition coefficient (Wildman–Crippen LogP) is 4.70. The molecule has 1 N–H and O–H groups in total. The first-order valence-electron chi connectivity index (χ1n) is 9.43. The Balaban J connectivity index is 1.88. The van der Waals surface area contributed by atoms with Crippen LogP contribution in [0.25, 0.3) is 0 Å². The fourth-order valence-electron chi connectivity index (χ4n) is 3.35. The van der Waals surface area contributed by atoms with E-state index in [2.05, 4.69) is 19.2 Å². The summed E-state index contributed by atoms with van der Waals surface area (Å²) in [6.45, 7) is 6.09. The summed E-state index contributed by atoms with van der Waals surface area (Å²) in [6, 6.07) is 12.8. The van der Waals surface area contributed by atoms with Crippen LogP contribution in [-0.4, -0.2) is 33.9 Å². The first-order chi connectivity index (χ1) is 13.4. The maximum atomic E-state index is 14.0. The number of hydrogen-bond donors (Lipinski definition) is 1. The normalized spacial score (nSPS) is 19.1. The van der Waals surface area contributed by atoms with Crippen LogP contribution in [0.5, 0.6) is 0 Å². The third-order valence-corrected chi connectivity index (χ3v) is 6.12. The van der Waals surface area contributed by atoms with Gasteiger partial charge in [-0.2, -0.15) is 0 Å². The molecule has 0 aromatic heterocycles. The van der Waals surface area contributed by atoms with Crippen molar-refractivity contribution in [1.82, 2.24) is 4.90 Å². The van der Waals surface area contributed by atoms with Crippen LogP contribution >= 0.6 is 11.8 Å². The van der Waals surface area contributed by atoms with Crippen molar-refractivity contribution in [2.45, 2.75) is 38.6 Å². The fourth-order valence-corrected chi connectivity index (χ4v) is 4.99. The summed E-state index contributed by atoms with van der Waals surface area (Å²) in [6.07, 6.45) is 0.797. The molecule has 2 atom stereocenters.